The largest absolute Gasteiger partial charge is 0.468 e. The second-order valence-electron chi connectivity index (χ2n) is 4.17. The lowest BCUT2D eigenvalue weighted by molar-refractivity contribution is -0.145. The molecule has 0 saturated heterocycles. The molecule has 0 fully saturated rings. The molecule has 116 valence electrons. The van der Waals surface area contributed by atoms with E-state index in [9.17, 15) is 19.2 Å². The number of hydrogen-bond donors (Lipinski definition) is 0. The van der Waals surface area contributed by atoms with Gasteiger partial charge in [0.15, 0.2) is 0 Å². The van der Waals surface area contributed by atoms with Crippen molar-refractivity contribution in [3.05, 3.63) is 22.2 Å². The summed E-state index contributed by atoms with van der Waals surface area (Å²) >= 11 is 0. The van der Waals surface area contributed by atoms with Gasteiger partial charge in [0.25, 0.3) is 11.5 Å². The number of esters is 2. The number of aromatic nitrogens is 1. The second-order valence-corrected chi connectivity index (χ2v) is 4.17. The molecule has 0 bridgehead atoms. The van der Waals surface area contributed by atoms with Crippen molar-refractivity contribution in [1.29, 1.82) is 0 Å². The third-order valence-corrected chi connectivity index (χ3v) is 2.51. The van der Waals surface area contributed by atoms with Crippen molar-refractivity contribution in [3.8, 4) is 0 Å². The van der Waals surface area contributed by atoms with Crippen LogP contribution in [-0.4, -0.2) is 61.3 Å². The Bertz CT molecular complexity index is 569. The van der Waals surface area contributed by atoms with Gasteiger partial charge in [0.1, 0.15) is 5.76 Å². The molecule has 0 N–H and O–H groups in total. The van der Waals surface area contributed by atoms with E-state index in [1.807, 2.05) is 0 Å². The summed E-state index contributed by atoms with van der Waals surface area (Å²) in [4.78, 5) is 47.1. The summed E-state index contributed by atoms with van der Waals surface area (Å²) in [5, 5.41) is 0. The SMILES string of the molecule is COC(=O)CN(CC(=O)OC)CC(=O)n1oc(C)cc1=O. The molecule has 9 heteroatoms. The zero-order valence-electron chi connectivity index (χ0n) is 12.0. The van der Waals surface area contributed by atoms with Crippen LogP contribution in [0.5, 0.6) is 0 Å². The predicted octanol–water partition coefficient (Wildman–Crippen LogP) is -0.962. The molecule has 1 heterocycles. The first-order valence-corrected chi connectivity index (χ1v) is 5.96. The maximum atomic E-state index is 12.0. The zero-order valence-corrected chi connectivity index (χ0v) is 12.0. The molecule has 1 aromatic heterocycles. The van der Waals surface area contributed by atoms with Gasteiger partial charge in [0.05, 0.1) is 33.9 Å². The molecule has 0 spiro atoms. The molecule has 0 aromatic carbocycles. The van der Waals surface area contributed by atoms with E-state index in [0.717, 1.165) is 6.07 Å². The molecular formula is C12H16N2O7. The highest BCUT2D eigenvalue weighted by Gasteiger charge is 2.21. The first-order valence-electron chi connectivity index (χ1n) is 5.96. The Morgan fingerprint density at radius 1 is 1.14 bits per heavy atom. The number of carbonyl (C=O) groups is 3. The Morgan fingerprint density at radius 3 is 2.05 bits per heavy atom. The fourth-order valence-electron chi connectivity index (χ4n) is 1.54. The van der Waals surface area contributed by atoms with Crippen molar-refractivity contribution in [2.24, 2.45) is 0 Å². The zero-order chi connectivity index (χ0) is 16.0. The molecule has 9 nitrogen and oxygen atoms in total. The fourth-order valence-corrected chi connectivity index (χ4v) is 1.54. The van der Waals surface area contributed by atoms with E-state index in [4.69, 9.17) is 4.52 Å². The molecule has 1 rings (SSSR count). The van der Waals surface area contributed by atoms with Gasteiger partial charge in [-0.15, -0.1) is 4.74 Å². The van der Waals surface area contributed by atoms with Crippen molar-refractivity contribution in [3.63, 3.8) is 0 Å². The minimum atomic E-state index is -0.707. The van der Waals surface area contributed by atoms with Gasteiger partial charge in [-0.2, -0.15) is 0 Å². The number of nitrogens with zero attached hydrogens (tertiary/aromatic N) is 2. The summed E-state index contributed by atoms with van der Waals surface area (Å²) in [6, 6.07) is 1.16. The number of rotatable bonds is 6. The quantitative estimate of drug-likeness (QED) is 0.618. The first kappa shape index (κ1) is 16.6. The van der Waals surface area contributed by atoms with Gasteiger partial charge in [-0.25, -0.2) is 0 Å². The van der Waals surface area contributed by atoms with Gasteiger partial charge in [-0.05, 0) is 6.92 Å². The van der Waals surface area contributed by atoms with E-state index in [0.29, 0.717) is 4.74 Å². The van der Waals surface area contributed by atoms with E-state index in [1.165, 1.54) is 26.0 Å². The normalized spacial score (nSPS) is 10.5. The van der Waals surface area contributed by atoms with Crippen LogP contribution in [0.2, 0.25) is 0 Å². The van der Waals surface area contributed by atoms with Gasteiger partial charge in [0.2, 0.25) is 0 Å². The third-order valence-electron chi connectivity index (χ3n) is 2.51. The lowest BCUT2D eigenvalue weighted by atomic mass is 10.4. The monoisotopic (exact) mass is 300 g/mol. The molecule has 0 aliphatic rings. The van der Waals surface area contributed by atoms with Crippen LogP contribution in [0.3, 0.4) is 0 Å². The summed E-state index contributed by atoms with van der Waals surface area (Å²) in [6.45, 7) is 0.542. The van der Waals surface area contributed by atoms with Crippen LogP contribution in [-0.2, 0) is 19.1 Å². The molecule has 21 heavy (non-hydrogen) atoms. The summed E-state index contributed by atoms with van der Waals surface area (Å²) in [5.41, 5.74) is -0.617. The van der Waals surface area contributed by atoms with E-state index >= 15 is 0 Å². The molecule has 0 radical (unpaired) electrons. The molecule has 0 unspecified atom stereocenters. The van der Waals surface area contributed by atoms with Crippen molar-refractivity contribution in [2.75, 3.05) is 33.9 Å². The van der Waals surface area contributed by atoms with E-state index in [-0.39, 0.29) is 25.4 Å². The van der Waals surface area contributed by atoms with Gasteiger partial charge >= 0.3 is 11.9 Å². The Balaban J connectivity index is 2.81. The van der Waals surface area contributed by atoms with Crippen LogP contribution in [0.4, 0.5) is 0 Å². The lowest BCUT2D eigenvalue weighted by Gasteiger charge is -2.18. The highest BCUT2D eigenvalue weighted by Crippen LogP contribution is 1.97. The summed E-state index contributed by atoms with van der Waals surface area (Å²) < 4.78 is 14.5. The van der Waals surface area contributed by atoms with Crippen molar-refractivity contribution in [1.82, 2.24) is 9.64 Å². The van der Waals surface area contributed by atoms with Crippen LogP contribution in [0.1, 0.15) is 10.6 Å². The molecule has 0 saturated carbocycles. The average Bonchev–Trinajstić information content (AvgIpc) is 2.77. The second kappa shape index (κ2) is 7.39. The molecule has 1 aromatic rings. The molecule has 0 atom stereocenters. The summed E-state index contributed by atoms with van der Waals surface area (Å²) in [7, 11) is 2.36. The molecule has 0 amide bonds. The molecule has 0 aliphatic heterocycles. The summed E-state index contributed by atoms with van der Waals surface area (Å²) in [5.74, 6) is -1.69. The minimum absolute atomic E-state index is 0.279. The van der Waals surface area contributed by atoms with Crippen LogP contribution in [0, 0.1) is 6.92 Å². The topological polar surface area (TPSA) is 108 Å². The van der Waals surface area contributed by atoms with E-state index < -0.39 is 23.4 Å². The Kier molecular flexibility index (Phi) is 5.85. The van der Waals surface area contributed by atoms with Crippen LogP contribution < -0.4 is 5.56 Å². The number of ether oxygens (including phenoxy) is 2. The standard InChI is InChI=1S/C12H16N2O7/c1-8-4-9(15)14(21-8)10(16)5-13(6-11(17)19-2)7-12(18)20-3/h4H,5-7H2,1-3H3. The third kappa shape index (κ3) is 4.88. The molecular weight excluding hydrogens is 284 g/mol. The van der Waals surface area contributed by atoms with Crippen molar-refractivity contribution >= 4 is 17.8 Å². The van der Waals surface area contributed by atoms with Gasteiger partial charge in [-0.1, -0.05) is 0 Å². The Morgan fingerprint density at radius 2 is 1.67 bits per heavy atom. The van der Waals surface area contributed by atoms with E-state index in [2.05, 4.69) is 9.47 Å². The minimum Gasteiger partial charge on any atom is -0.468 e. The average molecular weight is 300 g/mol. The van der Waals surface area contributed by atoms with Gasteiger partial charge < -0.3 is 14.0 Å². The molecule has 0 aliphatic carbocycles. The smallest absolute Gasteiger partial charge is 0.319 e. The van der Waals surface area contributed by atoms with Crippen molar-refractivity contribution < 1.29 is 28.4 Å². The highest BCUT2D eigenvalue weighted by atomic mass is 16.5. The maximum absolute atomic E-state index is 12.0. The lowest BCUT2D eigenvalue weighted by Crippen LogP contribution is -2.41. The van der Waals surface area contributed by atoms with Crippen LogP contribution in [0.15, 0.2) is 15.4 Å². The number of carbonyl (C=O) groups excluding carboxylic acids is 3. The Labute approximate surface area is 120 Å². The first-order chi connectivity index (χ1) is 9.87. The van der Waals surface area contributed by atoms with Crippen LogP contribution >= 0.6 is 0 Å². The predicted molar refractivity (Wildman–Crippen MR) is 68.8 cm³/mol. The Hall–Kier alpha value is -2.42. The maximum Gasteiger partial charge on any atom is 0.319 e. The fraction of sp³-hybridized carbons (Fsp3) is 0.500. The highest BCUT2D eigenvalue weighted by molar-refractivity contribution is 5.81. The van der Waals surface area contributed by atoms with Gasteiger partial charge in [-0.3, -0.25) is 24.1 Å². The van der Waals surface area contributed by atoms with Gasteiger partial charge in [0, 0.05) is 6.07 Å². The number of hydrogen-bond acceptors (Lipinski definition) is 8. The van der Waals surface area contributed by atoms with E-state index in [1.54, 1.807) is 0 Å². The summed E-state index contributed by atoms with van der Waals surface area (Å²) in [6.07, 6.45) is 0. The van der Waals surface area contributed by atoms with Crippen LogP contribution in [0.25, 0.3) is 0 Å². The number of methoxy groups -OCH3 is 2. The number of aryl methyl sites for hydroxylation is 1. The van der Waals surface area contributed by atoms with Crippen molar-refractivity contribution in [2.45, 2.75) is 6.92 Å².